The molecule has 4 rings (SSSR count). The number of nitrogens with zero attached hydrogens (tertiary/aromatic N) is 5. The largest absolute Gasteiger partial charge is 0.384 e. The molecule has 4 heterocycles. The Hall–Kier alpha value is -2.51. The van der Waals surface area contributed by atoms with Crippen LogP contribution in [0.2, 0.25) is 0 Å². The number of thiazole rings is 1. The van der Waals surface area contributed by atoms with Gasteiger partial charge in [-0.3, -0.25) is 4.98 Å². The molecule has 0 aliphatic carbocycles. The van der Waals surface area contributed by atoms with Gasteiger partial charge in [-0.2, -0.15) is 0 Å². The van der Waals surface area contributed by atoms with Gasteiger partial charge in [-0.05, 0) is 51.1 Å². The van der Waals surface area contributed by atoms with E-state index in [9.17, 15) is 0 Å². The van der Waals surface area contributed by atoms with Crippen molar-refractivity contribution < 1.29 is 0 Å². The lowest BCUT2D eigenvalue weighted by Gasteiger charge is -2.24. The number of hydrogen-bond donors (Lipinski definition) is 1. The summed E-state index contributed by atoms with van der Waals surface area (Å²) >= 11 is 1.66. The van der Waals surface area contributed by atoms with E-state index in [4.69, 9.17) is 5.73 Å². The highest BCUT2D eigenvalue weighted by Gasteiger charge is 2.19. The topological polar surface area (TPSA) is 71.2 Å². The normalized spacial score (nSPS) is 14.6. The predicted octanol–water partition coefficient (Wildman–Crippen LogP) is 3.72. The first kappa shape index (κ1) is 17.9. The van der Waals surface area contributed by atoms with Crippen LogP contribution in [0.4, 0.5) is 16.8 Å². The molecule has 7 heteroatoms. The zero-order valence-electron chi connectivity index (χ0n) is 15.5. The summed E-state index contributed by atoms with van der Waals surface area (Å²) in [6, 6.07) is 9.87. The second kappa shape index (κ2) is 8.02. The number of aryl methyl sites for hydroxylation is 1. The minimum Gasteiger partial charge on any atom is -0.384 e. The number of pyridine rings is 2. The first-order valence-corrected chi connectivity index (χ1v) is 10.1. The van der Waals surface area contributed by atoms with Crippen LogP contribution in [0.3, 0.4) is 0 Å². The lowest BCUT2D eigenvalue weighted by atomic mass is 10.2. The van der Waals surface area contributed by atoms with Crippen molar-refractivity contribution in [1.29, 1.82) is 0 Å². The highest BCUT2D eigenvalue weighted by Crippen LogP contribution is 2.34. The van der Waals surface area contributed by atoms with Crippen molar-refractivity contribution in [2.75, 3.05) is 36.8 Å². The van der Waals surface area contributed by atoms with E-state index in [0.717, 1.165) is 40.2 Å². The van der Waals surface area contributed by atoms with Crippen molar-refractivity contribution in [2.45, 2.75) is 19.8 Å². The summed E-state index contributed by atoms with van der Waals surface area (Å²) in [6.07, 6.45) is 6.40. The zero-order valence-corrected chi connectivity index (χ0v) is 16.3. The van der Waals surface area contributed by atoms with Crippen LogP contribution in [0.15, 0.2) is 42.7 Å². The van der Waals surface area contributed by atoms with Gasteiger partial charge in [0.05, 0.1) is 4.88 Å². The zero-order chi connectivity index (χ0) is 18.6. The Kier molecular flexibility index (Phi) is 5.31. The summed E-state index contributed by atoms with van der Waals surface area (Å²) in [5.41, 5.74) is 8.03. The van der Waals surface area contributed by atoms with Crippen molar-refractivity contribution in [1.82, 2.24) is 19.9 Å². The van der Waals surface area contributed by atoms with Gasteiger partial charge in [0.2, 0.25) is 0 Å². The molecule has 0 saturated carbocycles. The summed E-state index contributed by atoms with van der Waals surface area (Å²) < 4.78 is 0. The maximum Gasteiger partial charge on any atom is 0.191 e. The molecule has 0 aromatic carbocycles. The van der Waals surface area contributed by atoms with Crippen molar-refractivity contribution in [3.8, 4) is 10.4 Å². The van der Waals surface area contributed by atoms with Gasteiger partial charge in [-0.25, -0.2) is 9.97 Å². The fraction of sp³-hybridized carbons (Fsp3) is 0.350. The number of nitrogens with two attached hydrogens (primary N) is 1. The molecule has 1 aliphatic rings. The van der Waals surface area contributed by atoms with Crippen LogP contribution in [0.25, 0.3) is 10.4 Å². The van der Waals surface area contributed by atoms with Crippen LogP contribution in [-0.4, -0.2) is 46.0 Å². The van der Waals surface area contributed by atoms with E-state index in [1.54, 1.807) is 11.3 Å². The number of nitrogen functional groups attached to an aromatic ring is 1. The summed E-state index contributed by atoms with van der Waals surface area (Å²) in [5.74, 6) is 1.37. The molecule has 1 saturated heterocycles. The molecule has 140 valence electrons. The smallest absolute Gasteiger partial charge is 0.191 e. The van der Waals surface area contributed by atoms with E-state index in [2.05, 4.69) is 30.8 Å². The molecule has 6 nitrogen and oxygen atoms in total. The molecular formula is C20H24N6S. The predicted molar refractivity (Wildman–Crippen MR) is 111 cm³/mol. The van der Waals surface area contributed by atoms with Gasteiger partial charge >= 0.3 is 0 Å². The van der Waals surface area contributed by atoms with Crippen molar-refractivity contribution in [3.05, 3.63) is 48.4 Å². The minimum atomic E-state index is 0.526. The van der Waals surface area contributed by atoms with Gasteiger partial charge in [0.15, 0.2) is 5.13 Å². The van der Waals surface area contributed by atoms with Gasteiger partial charge in [-0.1, -0.05) is 23.5 Å². The molecule has 0 spiro atoms. The van der Waals surface area contributed by atoms with Gasteiger partial charge < -0.3 is 15.5 Å². The Morgan fingerprint density at radius 2 is 1.96 bits per heavy atom. The maximum atomic E-state index is 5.93. The van der Waals surface area contributed by atoms with Gasteiger partial charge in [0.25, 0.3) is 0 Å². The van der Waals surface area contributed by atoms with E-state index < -0.39 is 0 Å². The number of anilines is 3. The molecule has 1 aliphatic heterocycles. The number of rotatable bonds is 6. The lowest BCUT2D eigenvalue weighted by molar-refractivity contribution is 0.348. The third-order valence-electron chi connectivity index (χ3n) is 4.79. The Morgan fingerprint density at radius 1 is 1.11 bits per heavy atom. The van der Waals surface area contributed by atoms with Crippen LogP contribution in [0, 0.1) is 6.92 Å². The minimum absolute atomic E-state index is 0.526. The fourth-order valence-electron chi connectivity index (χ4n) is 3.28. The summed E-state index contributed by atoms with van der Waals surface area (Å²) in [7, 11) is 0. The highest BCUT2D eigenvalue weighted by molar-refractivity contribution is 7.19. The first-order valence-electron chi connectivity index (χ1n) is 9.30. The molecule has 27 heavy (non-hydrogen) atoms. The lowest BCUT2D eigenvalue weighted by Crippen LogP contribution is -2.31. The van der Waals surface area contributed by atoms with Crippen LogP contribution in [0.5, 0.6) is 0 Å². The molecule has 0 unspecified atom stereocenters. The third kappa shape index (κ3) is 4.26. The van der Waals surface area contributed by atoms with E-state index in [0.29, 0.717) is 5.82 Å². The average molecular weight is 381 g/mol. The molecule has 3 aromatic rings. The molecule has 0 amide bonds. The summed E-state index contributed by atoms with van der Waals surface area (Å²) in [4.78, 5) is 19.4. The Labute approximate surface area is 163 Å². The van der Waals surface area contributed by atoms with Crippen LogP contribution in [0.1, 0.15) is 18.5 Å². The molecule has 0 radical (unpaired) electrons. The molecule has 3 aromatic heterocycles. The van der Waals surface area contributed by atoms with E-state index in [1.807, 2.05) is 43.6 Å². The highest BCUT2D eigenvalue weighted by atomic mass is 32.1. The fourth-order valence-corrected chi connectivity index (χ4v) is 4.22. The number of aromatic nitrogens is 3. The SMILES string of the molecule is Cc1ccc(-c2cnc(N(CCN3CCCC3)c3cccc(N)n3)s2)cn1. The van der Waals surface area contributed by atoms with Gasteiger partial charge in [-0.15, -0.1) is 0 Å². The van der Waals surface area contributed by atoms with Crippen molar-refractivity contribution in [2.24, 2.45) is 0 Å². The quantitative estimate of drug-likeness (QED) is 0.703. The first-order chi connectivity index (χ1) is 13.2. The van der Waals surface area contributed by atoms with Crippen molar-refractivity contribution in [3.63, 3.8) is 0 Å². The van der Waals surface area contributed by atoms with E-state index in [1.165, 1.54) is 25.9 Å². The second-order valence-corrected chi connectivity index (χ2v) is 7.83. The molecular weight excluding hydrogens is 356 g/mol. The Bertz CT molecular complexity index is 885. The standard InChI is InChI=1S/C20H24N6S/c1-15-7-8-16(13-22-15)17-14-23-20(27-17)26(12-11-25-9-2-3-10-25)19-6-4-5-18(21)24-19/h4-8,13-14H,2-3,9-12H2,1H3,(H2,21,24). The van der Waals surface area contributed by atoms with Crippen LogP contribution in [-0.2, 0) is 0 Å². The van der Waals surface area contributed by atoms with Crippen molar-refractivity contribution >= 4 is 28.1 Å². The van der Waals surface area contributed by atoms with Gasteiger partial charge in [0, 0.05) is 36.7 Å². The van der Waals surface area contributed by atoms with E-state index in [-0.39, 0.29) is 0 Å². The number of hydrogen-bond acceptors (Lipinski definition) is 7. The van der Waals surface area contributed by atoms with Crippen LogP contribution >= 0.6 is 11.3 Å². The summed E-state index contributed by atoms with van der Waals surface area (Å²) in [6.45, 7) is 6.19. The maximum absolute atomic E-state index is 5.93. The molecule has 0 bridgehead atoms. The Balaban J connectivity index is 1.60. The number of likely N-dealkylation sites (tertiary alicyclic amines) is 1. The van der Waals surface area contributed by atoms with Crippen LogP contribution < -0.4 is 10.6 Å². The molecule has 0 atom stereocenters. The second-order valence-electron chi connectivity index (χ2n) is 6.82. The molecule has 2 N–H and O–H groups in total. The summed E-state index contributed by atoms with van der Waals surface area (Å²) in [5, 5.41) is 0.933. The average Bonchev–Trinajstić information content (AvgIpc) is 3.35. The molecule has 1 fully saturated rings. The monoisotopic (exact) mass is 380 g/mol. The third-order valence-corrected chi connectivity index (χ3v) is 5.86. The van der Waals surface area contributed by atoms with E-state index >= 15 is 0 Å². The van der Waals surface area contributed by atoms with Gasteiger partial charge in [0.1, 0.15) is 11.6 Å². The Morgan fingerprint density at radius 3 is 2.70 bits per heavy atom.